The summed E-state index contributed by atoms with van der Waals surface area (Å²) in [6.45, 7) is 6.14. The third-order valence-corrected chi connectivity index (χ3v) is 7.73. The molecule has 1 aromatic rings. The lowest BCUT2D eigenvalue weighted by Crippen LogP contribution is -2.52. The Hall–Kier alpha value is -1.03. The summed E-state index contributed by atoms with van der Waals surface area (Å²) in [4.78, 5) is 16.6. The summed E-state index contributed by atoms with van der Waals surface area (Å²) in [6.07, 6.45) is 3.75. The van der Waals surface area contributed by atoms with Crippen molar-refractivity contribution in [2.24, 2.45) is 17.8 Å². The molecule has 150 valence electrons. The van der Waals surface area contributed by atoms with Crippen LogP contribution in [0.4, 0.5) is 5.82 Å². The maximum atomic E-state index is 13.0. The van der Waals surface area contributed by atoms with Gasteiger partial charge in [0, 0.05) is 42.8 Å². The Morgan fingerprint density at radius 2 is 1.78 bits per heavy atom. The van der Waals surface area contributed by atoms with Crippen LogP contribution in [-0.4, -0.2) is 54.1 Å². The van der Waals surface area contributed by atoms with Crippen molar-refractivity contribution in [2.45, 2.75) is 33.1 Å². The van der Waals surface area contributed by atoms with E-state index in [0.717, 1.165) is 10.9 Å². The van der Waals surface area contributed by atoms with Crippen molar-refractivity contribution in [1.82, 2.24) is 13.6 Å². The first kappa shape index (κ1) is 20.7. The van der Waals surface area contributed by atoms with Crippen LogP contribution in [0, 0.1) is 17.8 Å². The first-order chi connectivity index (χ1) is 12.8. The fraction of sp³-hybridized carbons (Fsp3) is 0.667. The molecule has 9 heteroatoms. The number of piperidine rings is 2. The van der Waals surface area contributed by atoms with Crippen LogP contribution in [-0.2, 0) is 15.0 Å². The molecule has 7 nitrogen and oxygen atoms in total. The molecule has 0 bridgehead atoms. The predicted octanol–water partition coefficient (Wildman–Crippen LogP) is 2.72. The van der Waals surface area contributed by atoms with Crippen molar-refractivity contribution >= 4 is 37.9 Å². The zero-order chi connectivity index (χ0) is 19.6. The lowest BCUT2D eigenvalue weighted by molar-refractivity contribution is -0.120. The highest BCUT2D eigenvalue weighted by atomic mass is 79.9. The number of rotatable bonds is 4. The summed E-state index contributed by atoms with van der Waals surface area (Å²) in [5.41, 5.74) is 0. The monoisotopic (exact) mass is 458 g/mol. The molecule has 2 aliphatic rings. The number of anilines is 1. The average molecular weight is 459 g/mol. The average Bonchev–Trinajstić information content (AvgIpc) is 2.63. The van der Waals surface area contributed by atoms with Gasteiger partial charge in [-0.2, -0.15) is 17.0 Å². The van der Waals surface area contributed by atoms with Crippen molar-refractivity contribution in [2.75, 3.05) is 31.5 Å². The molecule has 1 N–H and O–H groups in total. The molecule has 27 heavy (non-hydrogen) atoms. The van der Waals surface area contributed by atoms with Crippen molar-refractivity contribution < 1.29 is 13.2 Å². The SMILES string of the molecule is CC1CC(C)CN(S(=O)(=O)N2CCC(C(=O)Nc3ccc(Br)cn3)CC2)C1. The Balaban J connectivity index is 1.56. The highest BCUT2D eigenvalue weighted by molar-refractivity contribution is 9.10. The zero-order valence-electron chi connectivity index (χ0n) is 15.8. The van der Waals surface area contributed by atoms with Crippen LogP contribution < -0.4 is 5.32 Å². The van der Waals surface area contributed by atoms with E-state index in [1.54, 1.807) is 20.9 Å². The van der Waals surface area contributed by atoms with E-state index in [0.29, 0.717) is 56.7 Å². The highest BCUT2D eigenvalue weighted by Crippen LogP contribution is 2.27. The third kappa shape index (κ3) is 5.07. The molecule has 0 radical (unpaired) electrons. The molecule has 1 aromatic heterocycles. The van der Waals surface area contributed by atoms with Gasteiger partial charge in [-0.05, 0) is 59.2 Å². The number of nitrogens with one attached hydrogen (secondary N) is 1. The first-order valence-electron chi connectivity index (χ1n) is 9.43. The van der Waals surface area contributed by atoms with Gasteiger partial charge in [-0.3, -0.25) is 4.79 Å². The number of hydrogen-bond donors (Lipinski definition) is 1. The molecule has 2 fully saturated rings. The van der Waals surface area contributed by atoms with Gasteiger partial charge in [0.2, 0.25) is 5.91 Å². The van der Waals surface area contributed by atoms with Gasteiger partial charge < -0.3 is 5.32 Å². The zero-order valence-corrected chi connectivity index (χ0v) is 18.2. The molecule has 0 aromatic carbocycles. The van der Waals surface area contributed by atoms with Crippen LogP contribution in [0.3, 0.4) is 0 Å². The normalized spacial score (nSPS) is 26.0. The second-order valence-corrected chi connectivity index (χ2v) is 10.6. The Morgan fingerprint density at radius 3 is 2.33 bits per heavy atom. The van der Waals surface area contributed by atoms with Crippen LogP contribution in [0.25, 0.3) is 0 Å². The highest BCUT2D eigenvalue weighted by Gasteiger charge is 2.37. The molecule has 0 saturated carbocycles. The second-order valence-electron chi connectivity index (χ2n) is 7.80. The number of amides is 1. The van der Waals surface area contributed by atoms with Gasteiger partial charge in [-0.1, -0.05) is 13.8 Å². The molecule has 2 aliphatic heterocycles. The number of aromatic nitrogens is 1. The van der Waals surface area contributed by atoms with Crippen LogP contribution in [0.2, 0.25) is 0 Å². The van der Waals surface area contributed by atoms with Gasteiger partial charge in [0.05, 0.1) is 0 Å². The largest absolute Gasteiger partial charge is 0.310 e. The van der Waals surface area contributed by atoms with Crippen LogP contribution in [0.15, 0.2) is 22.8 Å². The van der Waals surface area contributed by atoms with E-state index in [1.807, 2.05) is 6.07 Å². The van der Waals surface area contributed by atoms with Crippen LogP contribution in [0.5, 0.6) is 0 Å². The molecule has 1 amide bonds. The number of hydrogen-bond acceptors (Lipinski definition) is 4. The standard InChI is InChI=1S/C18H27BrN4O3S/c1-13-9-14(2)12-23(11-13)27(25,26)22-7-5-15(6-8-22)18(24)21-17-4-3-16(19)10-20-17/h3-4,10,13-15H,5-9,11-12H2,1-2H3,(H,20,21,24). The Bertz CT molecular complexity index is 753. The minimum atomic E-state index is -3.45. The molecular weight excluding hydrogens is 432 g/mol. The molecular formula is C18H27BrN4O3S. The van der Waals surface area contributed by atoms with Crippen molar-refractivity contribution in [3.63, 3.8) is 0 Å². The predicted molar refractivity (Wildman–Crippen MR) is 108 cm³/mol. The number of pyridine rings is 1. The summed E-state index contributed by atoms with van der Waals surface area (Å²) in [5, 5.41) is 2.82. The Morgan fingerprint density at radius 1 is 1.15 bits per heavy atom. The number of halogens is 1. The van der Waals surface area contributed by atoms with Crippen LogP contribution >= 0.6 is 15.9 Å². The van der Waals surface area contributed by atoms with E-state index >= 15 is 0 Å². The fourth-order valence-corrected chi connectivity index (χ4v) is 6.10. The number of carbonyl (C=O) groups is 1. The van der Waals surface area contributed by atoms with Crippen LogP contribution in [0.1, 0.15) is 33.1 Å². The summed E-state index contributed by atoms with van der Waals surface area (Å²) in [6, 6.07) is 3.55. The van der Waals surface area contributed by atoms with Gasteiger partial charge >= 0.3 is 0 Å². The summed E-state index contributed by atoms with van der Waals surface area (Å²) < 4.78 is 29.9. The van der Waals surface area contributed by atoms with E-state index in [2.05, 4.69) is 40.1 Å². The van der Waals surface area contributed by atoms with E-state index in [-0.39, 0.29) is 11.8 Å². The second kappa shape index (κ2) is 8.55. The molecule has 3 rings (SSSR count). The summed E-state index contributed by atoms with van der Waals surface area (Å²) >= 11 is 3.31. The molecule has 2 saturated heterocycles. The van der Waals surface area contributed by atoms with Gasteiger partial charge in [0.1, 0.15) is 5.82 Å². The fourth-order valence-electron chi connectivity index (χ4n) is 3.98. The molecule has 0 aliphatic carbocycles. The molecule has 2 unspecified atom stereocenters. The quantitative estimate of drug-likeness (QED) is 0.751. The summed E-state index contributed by atoms with van der Waals surface area (Å²) in [5.74, 6) is 0.980. The Labute approximate surface area is 169 Å². The molecule has 3 heterocycles. The van der Waals surface area contributed by atoms with Gasteiger partial charge in [0.15, 0.2) is 0 Å². The van der Waals surface area contributed by atoms with E-state index in [4.69, 9.17) is 0 Å². The summed E-state index contributed by atoms with van der Waals surface area (Å²) in [7, 11) is -3.45. The van der Waals surface area contributed by atoms with Gasteiger partial charge in [-0.25, -0.2) is 4.98 Å². The van der Waals surface area contributed by atoms with E-state index in [1.165, 1.54) is 0 Å². The minimum absolute atomic E-state index is 0.0953. The smallest absolute Gasteiger partial charge is 0.281 e. The van der Waals surface area contributed by atoms with Crippen molar-refractivity contribution in [3.8, 4) is 0 Å². The lowest BCUT2D eigenvalue weighted by atomic mass is 9.94. The third-order valence-electron chi connectivity index (χ3n) is 5.29. The Kier molecular flexibility index (Phi) is 6.55. The van der Waals surface area contributed by atoms with E-state index < -0.39 is 10.2 Å². The minimum Gasteiger partial charge on any atom is -0.310 e. The topological polar surface area (TPSA) is 82.6 Å². The van der Waals surface area contributed by atoms with E-state index in [9.17, 15) is 13.2 Å². The molecule has 0 spiro atoms. The van der Waals surface area contributed by atoms with Gasteiger partial charge in [0.25, 0.3) is 10.2 Å². The molecule has 2 atom stereocenters. The maximum absolute atomic E-state index is 13.0. The van der Waals surface area contributed by atoms with Gasteiger partial charge in [-0.15, -0.1) is 0 Å². The number of nitrogens with zero attached hydrogens (tertiary/aromatic N) is 3. The maximum Gasteiger partial charge on any atom is 0.281 e. The first-order valence-corrected chi connectivity index (χ1v) is 11.6. The lowest BCUT2D eigenvalue weighted by Gasteiger charge is -2.39. The van der Waals surface area contributed by atoms with Crippen molar-refractivity contribution in [1.29, 1.82) is 0 Å². The number of carbonyl (C=O) groups excluding carboxylic acids is 1. The van der Waals surface area contributed by atoms with Crippen molar-refractivity contribution in [3.05, 3.63) is 22.8 Å².